The summed E-state index contributed by atoms with van der Waals surface area (Å²) in [7, 11) is 4.84. The van der Waals surface area contributed by atoms with Crippen molar-refractivity contribution in [3.05, 3.63) is 35.9 Å². The third-order valence-corrected chi connectivity index (χ3v) is 4.50. The monoisotopic (exact) mass is 390 g/mol. The SMILES string of the molecule is COc1cc(-n2cnc(NC3=CC(Cl)=NC3)c2)c(C(C)C)c(OC)c1OC. The smallest absolute Gasteiger partial charge is 0.203 e. The van der Waals surface area contributed by atoms with E-state index in [9.17, 15) is 0 Å². The van der Waals surface area contributed by atoms with E-state index in [4.69, 9.17) is 25.8 Å². The van der Waals surface area contributed by atoms with Crippen LogP contribution in [0.4, 0.5) is 5.82 Å². The fraction of sp³-hybridized carbons (Fsp3) is 0.368. The molecule has 1 aliphatic heterocycles. The third kappa shape index (κ3) is 3.73. The molecule has 1 N–H and O–H groups in total. The summed E-state index contributed by atoms with van der Waals surface area (Å²) in [6, 6.07) is 1.93. The molecule has 0 fully saturated rings. The van der Waals surface area contributed by atoms with Crippen molar-refractivity contribution in [3.63, 3.8) is 0 Å². The second kappa shape index (κ2) is 7.92. The van der Waals surface area contributed by atoms with Crippen molar-refractivity contribution in [2.45, 2.75) is 19.8 Å². The highest BCUT2D eigenvalue weighted by molar-refractivity contribution is 6.68. The number of aliphatic imine (C=N–C) groups is 1. The molecule has 0 unspecified atom stereocenters. The van der Waals surface area contributed by atoms with Gasteiger partial charge in [-0.2, -0.15) is 0 Å². The zero-order valence-corrected chi connectivity index (χ0v) is 16.8. The van der Waals surface area contributed by atoms with Crippen molar-refractivity contribution in [1.82, 2.24) is 9.55 Å². The van der Waals surface area contributed by atoms with Gasteiger partial charge in [-0.25, -0.2) is 4.98 Å². The highest BCUT2D eigenvalue weighted by Crippen LogP contribution is 2.46. The number of allylic oxidation sites excluding steroid dienone is 1. The number of aromatic nitrogens is 2. The van der Waals surface area contributed by atoms with Gasteiger partial charge in [0.15, 0.2) is 11.5 Å². The number of hydrogen-bond donors (Lipinski definition) is 1. The lowest BCUT2D eigenvalue weighted by atomic mass is 9.98. The minimum Gasteiger partial charge on any atom is -0.493 e. The molecule has 2 heterocycles. The molecule has 0 bridgehead atoms. The average molecular weight is 391 g/mol. The Morgan fingerprint density at radius 2 is 1.89 bits per heavy atom. The van der Waals surface area contributed by atoms with E-state index >= 15 is 0 Å². The molecule has 1 aromatic carbocycles. The number of ether oxygens (including phenoxy) is 3. The number of anilines is 1. The number of nitrogens with zero attached hydrogens (tertiary/aromatic N) is 3. The standard InChI is InChI=1S/C19H23ClN4O3/c1-11(2)17-13(7-14(25-3)18(26-4)19(17)27-5)24-9-16(22-10-24)23-12-6-15(20)21-8-12/h6-7,9-11,23H,8H2,1-5H3. The highest BCUT2D eigenvalue weighted by atomic mass is 35.5. The molecule has 0 saturated heterocycles. The van der Waals surface area contributed by atoms with Crippen LogP contribution in [0, 0.1) is 0 Å². The molecule has 2 aromatic rings. The summed E-state index contributed by atoms with van der Waals surface area (Å²) in [6.45, 7) is 4.73. The summed E-state index contributed by atoms with van der Waals surface area (Å²) in [6.07, 6.45) is 5.44. The van der Waals surface area contributed by atoms with E-state index in [1.807, 2.05) is 16.8 Å². The normalized spacial score (nSPS) is 13.4. The van der Waals surface area contributed by atoms with E-state index < -0.39 is 0 Å². The lowest BCUT2D eigenvalue weighted by Crippen LogP contribution is -2.06. The van der Waals surface area contributed by atoms with Crippen LogP contribution in [0.3, 0.4) is 0 Å². The Kier molecular flexibility index (Phi) is 5.60. The average Bonchev–Trinajstić information content (AvgIpc) is 3.28. The largest absolute Gasteiger partial charge is 0.493 e. The van der Waals surface area contributed by atoms with Crippen molar-refractivity contribution in [3.8, 4) is 22.9 Å². The van der Waals surface area contributed by atoms with E-state index in [0.717, 1.165) is 16.9 Å². The molecular weight excluding hydrogens is 368 g/mol. The Morgan fingerprint density at radius 3 is 2.44 bits per heavy atom. The Balaban J connectivity index is 2.04. The van der Waals surface area contributed by atoms with Crippen molar-refractivity contribution < 1.29 is 14.2 Å². The summed E-state index contributed by atoms with van der Waals surface area (Å²) in [5, 5.41) is 3.72. The summed E-state index contributed by atoms with van der Waals surface area (Å²) in [5.41, 5.74) is 2.82. The van der Waals surface area contributed by atoms with E-state index in [0.29, 0.717) is 34.8 Å². The first kappa shape index (κ1) is 19.1. The molecule has 8 heteroatoms. The van der Waals surface area contributed by atoms with Gasteiger partial charge in [-0.1, -0.05) is 25.4 Å². The van der Waals surface area contributed by atoms with Gasteiger partial charge >= 0.3 is 0 Å². The maximum Gasteiger partial charge on any atom is 0.203 e. The first-order chi connectivity index (χ1) is 13.0. The molecule has 0 radical (unpaired) electrons. The molecule has 1 aromatic heterocycles. The van der Waals surface area contributed by atoms with Crippen LogP contribution in [0.1, 0.15) is 25.3 Å². The summed E-state index contributed by atoms with van der Waals surface area (Å²) >= 11 is 5.89. The van der Waals surface area contributed by atoms with Gasteiger partial charge < -0.3 is 24.1 Å². The van der Waals surface area contributed by atoms with Crippen molar-refractivity contribution in [2.75, 3.05) is 33.2 Å². The fourth-order valence-corrected chi connectivity index (χ4v) is 3.28. The minimum absolute atomic E-state index is 0.193. The second-order valence-electron chi connectivity index (χ2n) is 6.33. The molecule has 144 valence electrons. The quantitative estimate of drug-likeness (QED) is 0.774. The Bertz CT molecular complexity index is 903. The van der Waals surface area contributed by atoms with Crippen molar-refractivity contribution in [1.29, 1.82) is 0 Å². The van der Waals surface area contributed by atoms with E-state index in [-0.39, 0.29) is 5.92 Å². The van der Waals surface area contributed by atoms with Gasteiger partial charge in [-0.15, -0.1) is 0 Å². The number of methoxy groups -OCH3 is 3. The van der Waals surface area contributed by atoms with Gasteiger partial charge in [0, 0.05) is 17.3 Å². The highest BCUT2D eigenvalue weighted by Gasteiger charge is 2.23. The van der Waals surface area contributed by atoms with Crippen LogP contribution in [0.25, 0.3) is 5.69 Å². The lowest BCUT2D eigenvalue weighted by Gasteiger charge is -2.22. The first-order valence-electron chi connectivity index (χ1n) is 8.53. The zero-order valence-electron chi connectivity index (χ0n) is 16.0. The van der Waals surface area contributed by atoms with Gasteiger partial charge in [0.1, 0.15) is 17.3 Å². The Morgan fingerprint density at radius 1 is 1.15 bits per heavy atom. The molecule has 0 aliphatic carbocycles. The Hall–Kier alpha value is -2.67. The second-order valence-corrected chi connectivity index (χ2v) is 6.72. The van der Waals surface area contributed by atoms with E-state index in [1.54, 1.807) is 33.7 Å². The number of nitrogens with one attached hydrogen (secondary N) is 1. The number of hydrogen-bond acceptors (Lipinski definition) is 6. The van der Waals surface area contributed by atoms with Crippen LogP contribution in [-0.2, 0) is 0 Å². The number of rotatable bonds is 7. The maximum absolute atomic E-state index is 5.89. The van der Waals surface area contributed by atoms with Crippen LogP contribution < -0.4 is 19.5 Å². The molecule has 1 aliphatic rings. The van der Waals surface area contributed by atoms with Crippen LogP contribution in [-0.4, -0.2) is 42.6 Å². The van der Waals surface area contributed by atoms with Crippen LogP contribution in [0.2, 0.25) is 0 Å². The minimum atomic E-state index is 0.193. The predicted molar refractivity (Wildman–Crippen MR) is 107 cm³/mol. The van der Waals surface area contributed by atoms with E-state index in [2.05, 4.69) is 29.1 Å². The number of halogens is 1. The number of benzene rings is 1. The van der Waals surface area contributed by atoms with Crippen molar-refractivity contribution in [2.24, 2.45) is 4.99 Å². The van der Waals surface area contributed by atoms with Gasteiger partial charge in [0.05, 0.1) is 39.8 Å². The van der Waals surface area contributed by atoms with Crippen LogP contribution >= 0.6 is 11.6 Å². The maximum atomic E-state index is 5.89. The lowest BCUT2D eigenvalue weighted by molar-refractivity contribution is 0.321. The van der Waals surface area contributed by atoms with Crippen LogP contribution in [0.5, 0.6) is 17.2 Å². The summed E-state index contributed by atoms with van der Waals surface area (Å²) in [4.78, 5) is 8.57. The van der Waals surface area contributed by atoms with Gasteiger partial charge in [-0.05, 0) is 12.0 Å². The summed E-state index contributed by atoms with van der Waals surface area (Å²) in [5.74, 6) is 2.72. The molecule has 0 amide bonds. The molecule has 0 atom stereocenters. The Labute approximate surface area is 163 Å². The molecular formula is C19H23ClN4O3. The molecule has 0 spiro atoms. The third-order valence-electron chi connectivity index (χ3n) is 4.27. The van der Waals surface area contributed by atoms with Crippen molar-refractivity contribution >= 4 is 22.6 Å². The predicted octanol–water partition coefficient (Wildman–Crippen LogP) is 3.97. The fourth-order valence-electron chi connectivity index (χ4n) is 3.09. The van der Waals surface area contributed by atoms with Gasteiger partial charge in [0.25, 0.3) is 0 Å². The van der Waals surface area contributed by atoms with Crippen LogP contribution in [0.15, 0.2) is 35.4 Å². The van der Waals surface area contributed by atoms with E-state index in [1.165, 1.54) is 0 Å². The first-order valence-corrected chi connectivity index (χ1v) is 8.91. The molecule has 0 saturated carbocycles. The summed E-state index contributed by atoms with van der Waals surface area (Å²) < 4.78 is 18.6. The molecule has 3 rings (SSSR count). The topological polar surface area (TPSA) is 69.9 Å². The van der Waals surface area contributed by atoms with Gasteiger partial charge in [0.2, 0.25) is 5.75 Å². The van der Waals surface area contributed by atoms with Gasteiger partial charge in [-0.3, -0.25) is 4.99 Å². The molecule has 7 nitrogen and oxygen atoms in total. The molecule has 27 heavy (non-hydrogen) atoms. The number of imidazole rings is 1. The zero-order chi connectivity index (χ0) is 19.6.